The summed E-state index contributed by atoms with van der Waals surface area (Å²) in [6.45, 7) is 4.41. The SMILES string of the molecule is CCOC(=O)c1cn(Cc2ccncc2)c2ccc(C)cc2c1=O. The molecule has 0 spiro atoms. The van der Waals surface area contributed by atoms with Gasteiger partial charge in [0.05, 0.1) is 12.1 Å². The van der Waals surface area contributed by atoms with Crippen molar-refractivity contribution in [3.8, 4) is 0 Å². The number of rotatable bonds is 4. The number of hydrogen-bond donors (Lipinski definition) is 0. The lowest BCUT2D eigenvalue weighted by Crippen LogP contribution is -2.21. The summed E-state index contributed by atoms with van der Waals surface area (Å²) in [7, 11) is 0. The van der Waals surface area contributed by atoms with Crippen LogP contribution in [-0.4, -0.2) is 22.1 Å². The molecule has 0 aliphatic carbocycles. The van der Waals surface area contributed by atoms with E-state index in [2.05, 4.69) is 4.98 Å². The molecule has 0 aliphatic rings. The quantitative estimate of drug-likeness (QED) is 0.693. The third-order valence-corrected chi connectivity index (χ3v) is 3.83. The molecule has 1 aromatic carbocycles. The first kappa shape index (κ1) is 15.9. The van der Waals surface area contributed by atoms with Crippen molar-refractivity contribution in [3.63, 3.8) is 0 Å². The molecule has 5 heteroatoms. The van der Waals surface area contributed by atoms with Gasteiger partial charge in [-0.2, -0.15) is 0 Å². The van der Waals surface area contributed by atoms with E-state index in [1.807, 2.05) is 41.8 Å². The molecule has 3 rings (SSSR count). The Hall–Kier alpha value is -2.95. The van der Waals surface area contributed by atoms with E-state index in [-0.39, 0.29) is 17.6 Å². The summed E-state index contributed by atoms with van der Waals surface area (Å²) in [5.74, 6) is -0.589. The molecule has 5 nitrogen and oxygen atoms in total. The second kappa shape index (κ2) is 6.66. The van der Waals surface area contributed by atoms with Crippen LogP contribution in [0.1, 0.15) is 28.4 Å². The minimum atomic E-state index is -0.589. The molecule has 0 radical (unpaired) electrons. The second-order valence-corrected chi connectivity index (χ2v) is 5.60. The molecule has 0 fully saturated rings. The Bertz CT molecular complexity index is 946. The standard InChI is InChI=1S/C19H18N2O3/c1-3-24-19(23)16-12-21(11-14-6-8-20-9-7-14)17-5-4-13(2)10-15(17)18(16)22/h4-10,12H,3,11H2,1-2H3. The minimum Gasteiger partial charge on any atom is -0.462 e. The zero-order valence-corrected chi connectivity index (χ0v) is 13.7. The van der Waals surface area contributed by atoms with Gasteiger partial charge in [0.15, 0.2) is 0 Å². The zero-order chi connectivity index (χ0) is 17.1. The Morgan fingerprint density at radius 1 is 1.21 bits per heavy atom. The lowest BCUT2D eigenvalue weighted by atomic mass is 10.1. The van der Waals surface area contributed by atoms with Crippen molar-refractivity contribution >= 4 is 16.9 Å². The summed E-state index contributed by atoms with van der Waals surface area (Å²) < 4.78 is 6.93. The fraction of sp³-hybridized carbons (Fsp3) is 0.211. The topological polar surface area (TPSA) is 61.2 Å². The first-order valence-corrected chi connectivity index (χ1v) is 7.80. The summed E-state index contributed by atoms with van der Waals surface area (Å²) in [4.78, 5) is 28.8. The van der Waals surface area contributed by atoms with E-state index >= 15 is 0 Å². The van der Waals surface area contributed by atoms with Crippen LogP contribution in [0.3, 0.4) is 0 Å². The van der Waals surface area contributed by atoms with Gasteiger partial charge in [-0.25, -0.2) is 4.79 Å². The highest BCUT2D eigenvalue weighted by Crippen LogP contribution is 2.16. The van der Waals surface area contributed by atoms with Crippen LogP contribution >= 0.6 is 0 Å². The summed E-state index contributed by atoms with van der Waals surface area (Å²) in [6.07, 6.45) is 5.02. The fourth-order valence-corrected chi connectivity index (χ4v) is 2.68. The van der Waals surface area contributed by atoms with E-state index in [1.165, 1.54) is 0 Å². The number of ether oxygens (including phenoxy) is 1. The molecule has 0 saturated carbocycles. The molecule has 2 heterocycles. The van der Waals surface area contributed by atoms with Crippen molar-refractivity contribution in [2.45, 2.75) is 20.4 Å². The molecule has 0 saturated heterocycles. The third-order valence-electron chi connectivity index (χ3n) is 3.83. The van der Waals surface area contributed by atoms with Crippen LogP contribution in [0.25, 0.3) is 10.9 Å². The van der Waals surface area contributed by atoms with E-state index in [1.54, 1.807) is 25.5 Å². The Balaban J connectivity index is 2.21. The Labute approximate surface area is 139 Å². The van der Waals surface area contributed by atoms with Crippen molar-refractivity contribution in [2.75, 3.05) is 6.61 Å². The number of aryl methyl sites for hydroxylation is 1. The van der Waals surface area contributed by atoms with Crippen LogP contribution < -0.4 is 5.43 Å². The van der Waals surface area contributed by atoms with Gasteiger partial charge in [-0.05, 0) is 43.7 Å². The van der Waals surface area contributed by atoms with Gasteiger partial charge in [0.2, 0.25) is 5.43 Å². The number of benzene rings is 1. The van der Waals surface area contributed by atoms with E-state index in [4.69, 9.17) is 4.74 Å². The van der Waals surface area contributed by atoms with Crippen molar-refractivity contribution in [3.05, 3.63) is 75.8 Å². The van der Waals surface area contributed by atoms with Crippen LogP contribution in [0.4, 0.5) is 0 Å². The Kier molecular flexibility index (Phi) is 4.42. The van der Waals surface area contributed by atoms with Crippen LogP contribution in [0.2, 0.25) is 0 Å². The molecule has 0 N–H and O–H groups in total. The Morgan fingerprint density at radius 2 is 1.96 bits per heavy atom. The van der Waals surface area contributed by atoms with Crippen LogP contribution in [-0.2, 0) is 11.3 Å². The summed E-state index contributed by atoms with van der Waals surface area (Å²) in [5.41, 5.74) is 2.55. The molecular formula is C19H18N2O3. The Morgan fingerprint density at radius 3 is 2.67 bits per heavy atom. The first-order chi connectivity index (χ1) is 11.6. The summed E-state index contributed by atoms with van der Waals surface area (Å²) in [6, 6.07) is 9.48. The van der Waals surface area contributed by atoms with Gasteiger partial charge in [-0.15, -0.1) is 0 Å². The van der Waals surface area contributed by atoms with Gasteiger partial charge in [-0.1, -0.05) is 11.6 Å². The van der Waals surface area contributed by atoms with Crippen LogP contribution in [0.15, 0.2) is 53.7 Å². The lowest BCUT2D eigenvalue weighted by Gasteiger charge is -2.13. The molecule has 0 amide bonds. The van der Waals surface area contributed by atoms with Crippen LogP contribution in [0, 0.1) is 6.92 Å². The fourth-order valence-electron chi connectivity index (χ4n) is 2.68. The number of pyridine rings is 2. The van der Waals surface area contributed by atoms with E-state index in [0.29, 0.717) is 11.9 Å². The maximum Gasteiger partial charge on any atom is 0.343 e. The van der Waals surface area contributed by atoms with Gasteiger partial charge in [0, 0.05) is 30.5 Å². The van der Waals surface area contributed by atoms with Crippen molar-refractivity contribution < 1.29 is 9.53 Å². The normalized spacial score (nSPS) is 10.8. The summed E-state index contributed by atoms with van der Waals surface area (Å²) >= 11 is 0. The van der Waals surface area contributed by atoms with Crippen LogP contribution in [0.5, 0.6) is 0 Å². The van der Waals surface area contributed by atoms with Gasteiger partial charge >= 0.3 is 5.97 Å². The van der Waals surface area contributed by atoms with E-state index in [9.17, 15) is 9.59 Å². The number of carbonyl (C=O) groups is 1. The molecule has 3 aromatic rings. The maximum absolute atomic E-state index is 12.7. The monoisotopic (exact) mass is 322 g/mol. The average Bonchev–Trinajstić information content (AvgIpc) is 2.58. The predicted molar refractivity (Wildman–Crippen MR) is 92.2 cm³/mol. The second-order valence-electron chi connectivity index (χ2n) is 5.60. The molecule has 122 valence electrons. The van der Waals surface area contributed by atoms with Crippen molar-refractivity contribution in [1.29, 1.82) is 0 Å². The first-order valence-electron chi connectivity index (χ1n) is 7.80. The number of esters is 1. The molecule has 0 atom stereocenters. The van der Waals surface area contributed by atoms with Crippen molar-refractivity contribution in [1.82, 2.24) is 9.55 Å². The van der Waals surface area contributed by atoms with Gasteiger partial charge in [0.25, 0.3) is 0 Å². The van der Waals surface area contributed by atoms with Gasteiger partial charge < -0.3 is 9.30 Å². The average molecular weight is 322 g/mol. The molecule has 2 aromatic heterocycles. The number of fused-ring (bicyclic) bond motifs is 1. The molecule has 0 bridgehead atoms. The largest absolute Gasteiger partial charge is 0.462 e. The van der Waals surface area contributed by atoms with E-state index < -0.39 is 5.97 Å². The van der Waals surface area contributed by atoms with Gasteiger partial charge in [-0.3, -0.25) is 9.78 Å². The lowest BCUT2D eigenvalue weighted by molar-refractivity contribution is 0.0524. The van der Waals surface area contributed by atoms with Crippen molar-refractivity contribution in [2.24, 2.45) is 0 Å². The number of aromatic nitrogens is 2. The van der Waals surface area contributed by atoms with Gasteiger partial charge in [0.1, 0.15) is 5.56 Å². The highest BCUT2D eigenvalue weighted by atomic mass is 16.5. The summed E-state index contributed by atoms with van der Waals surface area (Å²) in [5, 5.41) is 0.523. The third kappa shape index (κ3) is 3.06. The maximum atomic E-state index is 12.7. The molecule has 24 heavy (non-hydrogen) atoms. The smallest absolute Gasteiger partial charge is 0.343 e. The molecular weight excluding hydrogens is 304 g/mol. The highest BCUT2D eigenvalue weighted by molar-refractivity contribution is 5.94. The predicted octanol–water partition coefficient (Wildman–Crippen LogP) is 2.93. The number of carbonyl (C=O) groups excluding carboxylic acids is 1. The highest BCUT2D eigenvalue weighted by Gasteiger charge is 2.16. The molecule has 0 aliphatic heterocycles. The minimum absolute atomic E-state index is 0.0593. The zero-order valence-electron chi connectivity index (χ0n) is 13.7. The number of hydrogen-bond acceptors (Lipinski definition) is 4. The molecule has 0 unspecified atom stereocenters. The van der Waals surface area contributed by atoms with E-state index in [0.717, 1.165) is 16.6 Å². The number of nitrogens with zero attached hydrogens (tertiary/aromatic N) is 2.